The summed E-state index contributed by atoms with van der Waals surface area (Å²) in [7, 11) is 0. The molecule has 0 aromatic carbocycles. The minimum atomic E-state index is -0.107. The molecule has 1 fully saturated rings. The summed E-state index contributed by atoms with van der Waals surface area (Å²) in [5.41, 5.74) is 0. The fraction of sp³-hybridized carbons (Fsp3) is 0.800. The number of carbonyl (C=O) groups is 2. The first-order valence-corrected chi connectivity index (χ1v) is 6.21. The van der Waals surface area contributed by atoms with Crippen LogP contribution in [0.1, 0.15) is 33.1 Å². The zero-order chi connectivity index (χ0) is 10.6. The van der Waals surface area contributed by atoms with E-state index in [4.69, 9.17) is 0 Å². The maximum absolute atomic E-state index is 11.7. The van der Waals surface area contributed by atoms with E-state index in [1.165, 1.54) is 4.90 Å². The molecule has 1 atom stereocenters. The third kappa shape index (κ3) is 2.50. The highest BCUT2D eigenvalue weighted by Gasteiger charge is 2.37. The second kappa shape index (κ2) is 5.39. The number of likely N-dealkylation sites (tertiary alicyclic amines) is 1. The maximum atomic E-state index is 11.7. The van der Waals surface area contributed by atoms with E-state index in [-0.39, 0.29) is 17.1 Å². The molecule has 14 heavy (non-hydrogen) atoms. The Labute approximate surface area is 89.2 Å². The van der Waals surface area contributed by atoms with Gasteiger partial charge >= 0.3 is 0 Å². The number of rotatable bonds is 5. The molecule has 0 aromatic rings. The second-order valence-electron chi connectivity index (χ2n) is 3.39. The average Bonchev–Trinajstić information content (AvgIpc) is 2.41. The molecule has 1 heterocycles. The summed E-state index contributed by atoms with van der Waals surface area (Å²) in [6, 6.07) is 0. The second-order valence-corrected chi connectivity index (χ2v) is 4.86. The molecule has 1 unspecified atom stereocenters. The number of hydrogen-bond acceptors (Lipinski definition) is 3. The summed E-state index contributed by atoms with van der Waals surface area (Å²) < 4.78 is 0. The van der Waals surface area contributed by atoms with Crippen molar-refractivity contribution >= 4 is 23.6 Å². The van der Waals surface area contributed by atoms with Gasteiger partial charge in [0, 0.05) is 13.0 Å². The Hall–Kier alpha value is -0.510. The Morgan fingerprint density at radius 3 is 2.71 bits per heavy atom. The summed E-state index contributed by atoms with van der Waals surface area (Å²) in [6.07, 6.45) is 2.34. The molecule has 2 amide bonds. The average molecular weight is 215 g/mol. The number of nitrogens with zero attached hydrogens (tertiary/aromatic N) is 1. The zero-order valence-corrected chi connectivity index (χ0v) is 9.60. The Morgan fingerprint density at radius 1 is 1.43 bits per heavy atom. The van der Waals surface area contributed by atoms with E-state index in [0.717, 1.165) is 18.6 Å². The summed E-state index contributed by atoms with van der Waals surface area (Å²) in [4.78, 5) is 24.6. The Bertz CT molecular complexity index is 230. The summed E-state index contributed by atoms with van der Waals surface area (Å²) >= 11 is 1.58. The minimum absolute atomic E-state index is 0.00870. The summed E-state index contributed by atoms with van der Waals surface area (Å²) in [5.74, 6) is 0.926. The van der Waals surface area contributed by atoms with Crippen LogP contribution in [0.2, 0.25) is 0 Å². The lowest BCUT2D eigenvalue weighted by Gasteiger charge is -2.13. The van der Waals surface area contributed by atoms with Crippen molar-refractivity contribution in [2.24, 2.45) is 0 Å². The number of unbranched alkanes of at least 4 members (excludes halogenated alkanes) is 1. The van der Waals surface area contributed by atoms with Crippen LogP contribution in [0.15, 0.2) is 0 Å². The van der Waals surface area contributed by atoms with Crippen LogP contribution in [0.5, 0.6) is 0 Å². The molecular formula is C10H17NO2S. The lowest BCUT2D eigenvalue weighted by atomic mass is 10.3. The number of hydrogen-bond donors (Lipinski definition) is 0. The van der Waals surface area contributed by atoms with Gasteiger partial charge in [-0.1, -0.05) is 20.3 Å². The topological polar surface area (TPSA) is 37.4 Å². The predicted molar refractivity (Wildman–Crippen MR) is 58.2 cm³/mol. The zero-order valence-electron chi connectivity index (χ0n) is 8.78. The van der Waals surface area contributed by atoms with E-state index >= 15 is 0 Å². The molecule has 0 N–H and O–H groups in total. The maximum Gasteiger partial charge on any atom is 0.242 e. The highest BCUT2D eigenvalue weighted by atomic mass is 32.2. The van der Waals surface area contributed by atoms with E-state index in [1.807, 2.05) is 6.92 Å². The predicted octanol–water partition coefficient (Wildman–Crippen LogP) is 1.67. The monoisotopic (exact) mass is 215 g/mol. The summed E-state index contributed by atoms with van der Waals surface area (Å²) in [5, 5.41) is -0.107. The van der Waals surface area contributed by atoms with Crippen LogP contribution in [0.4, 0.5) is 0 Å². The number of imide groups is 1. The van der Waals surface area contributed by atoms with Gasteiger partial charge in [0.2, 0.25) is 11.8 Å². The smallest absolute Gasteiger partial charge is 0.242 e. The Balaban J connectivity index is 2.52. The SMILES string of the molecule is CCCCN1C(=O)CC(SCC)C1=O. The van der Waals surface area contributed by atoms with Crippen molar-refractivity contribution in [2.45, 2.75) is 38.4 Å². The van der Waals surface area contributed by atoms with Gasteiger partial charge in [-0.3, -0.25) is 14.5 Å². The molecule has 1 rings (SSSR count). The molecule has 0 aliphatic carbocycles. The first kappa shape index (κ1) is 11.6. The van der Waals surface area contributed by atoms with Crippen LogP contribution in [-0.2, 0) is 9.59 Å². The van der Waals surface area contributed by atoms with Gasteiger partial charge in [0.15, 0.2) is 0 Å². The molecule has 0 aromatic heterocycles. The molecule has 4 heteroatoms. The highest BCUT2D eigenvalue weighted by Crippen LogP contribution is 2.24. The van der Waals surface area contributed by atoms with Crippen LogP contribution in [0.25, 0.3) is 0 Å². The fourth-order valence-electron chi connectivity index (χ4n) is 1.54. The molecular weight excluding hydrogens is 198 g/mol. The highest BCUT2D eigenvalue weighted by molar-refractivity contribution is 8.00. The summed E-state index contributed by atoms with van der Waals surface area (Å²) in [6.45, 7) is 4.68. The molecule has 1 aliphatic heterocycles. The van der Waals surface area contributed by atoms with E-state index in [0.29, 0.717) is 13.0 Å². The number of carbonyl (C=O) groups excluding carboxylic acids is 2. The van der Waals surface area contributed by atoms with Gasteiger partial charge in [0.05, 0.1) is 5.25 Å². The molecule has 1 saturated heterocycles. The van der Waals surface area contributed by atoms with Crippen molar-refractivity contribution in [2.75, 3.05) is 12.3 Å². The molecule has 1 aliphatic rings. The molecule has 80 valence electrons. The number of thioether (sulfide) groups is 1. The molecule has 0 radical (unpaired) electrons. The minimum Gasteiger partial charge on any atom is -0.282 e. The largest absolute Gasteiger partial charge is 0.282 e. The third-order valence-electron chi connectivity index (χ3n) is 2.31. The lowest BCUT2D eigenvalue weighted by Crippen LogP contribution is -2.32. The number of amides is 2. The van der Waals surface area contributed by atoms with E-state index < -0.39 is 0 Å². The van der Waals surface area contributed by atoms with Crippen molar-refractivity contribution < 1.29 is 9.59 Å². The van der Waals surface area contributed by atoms with Crippen LogP contribution >= 0.6 is 11.8 Å². The molecule has 0 spiro atoms. The fourth-order valence-corrected chi connectivity index (χ4v) is 2.47. The van der Waals surface area contributed by atoms with E-state index in [9.17, 15) is 9.59 Å². The van der Waals surface area contributed by atoms with Crippen molar-refractivity contribution in [3.8, 4) is 0 Å². The van der Waals surface area contributed by atoms with Gasteiger partial charge in [0.25, 0.3) is 0 Å². The van der Waals surface area contributed by atoms with Crippen LogP contribution in [0.3, 0.4) is 0 Å². The first-order valence-electron chi connectivity index (χ1n) is 5.16. The molecule has 0 saturated carbocycles. The van der Waals surface area contributed by atoms with Crippen molar-refractivity contribution in [3.05, 3.63) is 0 Å². The molecule has 3 nitrogen and oxygen atoms in total. The van der Waals surface area contributed by atoms with Crippen molar-refractivity contribution in [1.29, 1.82) is 0 Å². The third-order valence-corrected chi connectivity index (χ3v) is 3.41. The van der Waals surface area contributed by atoms with Gasteiger partial charge in [-0.15, -0.1) is 11.8 Å². The quantitative estimate of drug-likeness (QED) is 0.655. The van der Waals surface area contributed by atoms with Crippen molar-refractivity contribution in [3.63, 3.8) is 0 Å². The molecule has 0 bridgehead atoms. The lowest BCUT2D eigenvalue weighted by molar-refractivity contribution is -0.138. The normalized spacial score (nSPS) is 22.1. The van der Waals surface area contributed by atoms with Crippen LogP contribution in [-0.4, -0.2) is 34.3 Å². The van der Waals surface area contributed by atoms with E-state index in [1.54, 1.807) is 11.8 Å². The van der Waals surface area contributed by atoms with Gasteiger partial charge < -0.3 is 0 Å². The Kier molecular flexibility index (Phi) is 4.45. The Morgan fingerprint density at radius 2 is 2.14 bits per heavy atom. The standard InChI is InChI=1S/C10H17NO2S/c1-3-5-6-11-9(12)7-8(10(11)13)14-4-2/h8H,3-7H2,1-2H3. The van der Waals surface area contributed by atoms with Crippen LogP contribution < -0.4 is 0 Å². The van der Waals surface area contributed by atoms with Gasteiger partial charge in [-0.2, -0.15) is 0 Å². The van der Waals surface area contributed by atoms with Crippen molar-refractivity contribution in [1.82, 2.24) is 4.90 Å². The van der Waals surface area contributed by atoms with Gasteiger partial charge in [-0.25, -0.2) is 0 Å². The first-order chi connectivity index (χ1) is 6.70. The van der Waals surface area contributed by atoms with Crippen LogP contribution in [0, 0.1) is 0 Å². The van der Waals surface area contributed by atoms with E-state index in [2.05, 4.69) is 6.92 Å². The van der Waals surface area contributed by atoms with Gasteiger partial charge in [0.1, 0.15) is 0 Å². The van der Waals surface area contributed by atoms with Gasteiger partial charge in [-0.05, 0) is 12.2 Å².